The van der Waals surface area contributed by atoms with Gasteiger partial charge in [0.15, 0.2) is 5.78 Å². The first-order chi connectivity index (χ1) is 17.3. The van der Waals surface area contributed by atoms with Crippen molar-refractivity contribution in [1.82, 2.24) is 4.98 Å². The average molecular weight is 487 g/mol. The number of hydrogen-bond donors (Lipinski definition) is 4. The zero-order chi connectivity index (χ0) is 25.4. The van der Waals surface area contributed by atoms with Crippen LogP contribution >= 0.6 is 0 Å². The van der Waals surface area contributed by atoms with E-state index in [0.717, 1.165) is 16.6 Å². The molecule has 0 saturated heterocycles. The summed E-state index contributed by atoms with van der Waals surface area (Å²) < 4.78 is 11.1. The van der Waals surface area contributed by atoms with E-state index in [0.29, 0.717) is 33.8 Å². The fourth-order valence-electron chi connectivity index (χ4n) is 4.56. The van der Waals surface area contributed by atoms with Crippen molar-refractivity contribution in [2.24, 2.45) is 0 Å². The molecule has 1 amide bonds. The summed E-state index contributed by atoms with van der Waals surface area (Å²) in [4.78, 5) is 29.2. The first-order valence-electron chi connectivity index (χ1n) is 11.6. The van der Waals surface area contributed by atoms with Gasteiger partial charge in [0.05, 0.1) is 17.7 Å². The van der Waals surface area contributed by atoms with E-state index in [4.69, 9.17) is 14.6 Å². The van der Waals surface area contributed by atoms with Gasteiger partial charge in [0.1, 0.15) is 24.2 Å². The van der Waals surface area contributed by atoms with Crippen molar-refractivity contribution < 1.29 is 29.3 Å². The van der Waals surface area contributed by atoms with E-state index >= 15 is 0 Å². The molecule has 1 aromatic heterocycles. The van der Waals surface area contributed by atoms with Gasteiger partial charge in [-0.2, -0.15) is 0 Å². The summed E-state index contributed by atoms with van der Waals surface area (Å²) in [5, 5.41) is 22.0. The molecule has 0 radical (unpaired) electrons. The van der Waals surface area contributed by atoms with Crippen LogP contribution in [0.3, 0.4) is 0 Å². The Labute approximate surface area is 207 Å². The molecule has 4 aromatic rings. The number of aromatic amines is 1. The van der Waals surface area contributed by atoms with Crippen molar-refractivity contribution in [2.45, 2.75) is 25.4 Å². The minimum Gasteiger partial charge on any atom is -0.491 e. The Balaban J connectivity index is 1.45. The second kappa shape index (κ2) is 9.14. The zero-order valence-electron chi connectivity index (χ0n) is 19.9. The predicted molar refractivity (Wildman–Crippen MR) is 135 cm³/mol. The lowest BCUT2D eigenvalue weighted by Gasteiger charge is -2.32. The lowest BCUT2D eigenvalue weighted by atomic mass is 9.71. The highest BCUT2D eigenvalue weighted by Gasteiger charge is 2.40. The number of carbonyl (C=O) groups is 2. The van der Waals surface area contributed by atoms with E-state index in [1.165, 1.54) is 0 Å². The Bertz CT molecular complexity index is 1460. The zero-order valence-corrected chi connectivity index (χ0v) is 19.9. The molecule has 36 heavy (non-hydrogen) atoms. The molecule has 8 nitrogen and oxygen atoms in total. The Hall–Kier alpha value is -4.14. The summed E-state index contributed by atoms with van der Waals surface area (Å²) in [6.45, 7) is 3.59. The van der Waals surface area contributed by atoms with Gasteiger partial charge < -0.3 is 24.7 Å². The van der Waals surface area contributed by atoms with Crippen LogP contribution in [0, 0.1) is 0 Å². The number of amides is 1. The largest absolute Gasteiger partial charge is 0.491 e. The van der Waals surface area contributed by atoms with Gasteiger partial charge in [-0.05, 0) is 48.0 Å². The monoisotopic (exact) mass is 486 g/mol. The fraction of sp³-hybridized carbons (Fsp3) is 0.214. The van der Waals surface area contributed by atoms with E-state index in [9.17, 15) is 14.7 Å². The Kier molecular flexibility index (Phi) is 5.99. The molecule has 3 aromatic carbocycles. The highest BCUT2D eigenvalue weighted by atomic mass is 16.6. The number of para-hydroxylation sites is 1. The molecule has 4 N–H and O–H groups in total. The van der Waals surface area contributed by atoms with Crippen molar-refractivity contribution in [3.05, 3.63) is 89.1 Å². The molecule has 1 aliphatic carbocycles. The van der Waals surface area contributed by atoms with Gasteiger partial charge in [-0.15, -0.1) is 0 Å². The van der Waals surface area contributed by atoms with E-state index in [1.54, 1.807) is 48.5 Å². The summed E-state index contributed by atoms with van der Waals surface area (Å²) in [5.74, 6) is 0.736. The van der Waals surface area contributed by atoms with Crippen LogP contribution in [0.25, 0.3) is 10.9 Å². The number of aliphatic hydroxyl groups excluding tert-OH is 2. The lowest BCUT2D eigenvalue weighted by Crippen LogP contribution is -2.30. The molecular weight excluding hydrogens is 460 g/mol. The van der Waals surface area contributed by atoms with Crippen molar-refractivity contribution >= 4 is 28.5 Å². The normalized spacial score (nSPS) is 14.6. The SMILES string of the molecule is CC1(C)c2cc(OCC(O)CO)ccc2C(=O)c2c1[nH]c1cc(OC(=O)Nc3ccccc3)ccc21. The summed E-state index contributed by atoms with van der Waals surface area (Å²) in [5.41, 5.74) is 3.46. The van der Waals surface area contributed by atoms with Crippen LogP contribution in [0.4, 0.5) is 10.5 Å². The highest BCUT2D eigenvalue weighted by Crippen LogP contribution is 2.45. The molecule has 1 unspecified atom stereocenters. The molecule has 1 aliphatic rings. The van der Waals surface area contributed by atoms with Crippen molar-refractivity contribution in [2.75, 3.05) is 18.5 Å². The maximum Gasteiger partial charge on any atom is 0.417 e. The van der Waals surface area contributed by atoms with Gasteiger partial charge in [0.2, 0.25) is 0 Å². The van der Waals surface area contributed by atoms with Gasteiger partial charge in [-0.3, -0.25) is 10.1 Å². The Morgan fingerprint density at radius 2 is 1.81 bits per heavy atom. The Morgan fingerprint density at radius 3 is 2.56 bits per heavy atom. The summed E-state index contributed by atoms with van der Waals surface area (Å²) >= 11 is 0. The summed E-state index contributed by atoms with van der Waals surface area (Å²) in [6, 6.07) is 19.4. The molecule has 1 atom stereocenters. The lowest BCUT2D eigenvalue weighted by molar-refractivity contribution is 0.0535. The van der Waals surface area contributed by atoms with Crippen LogP contribution in [-0.4, -0.2) is 46.4 Å². The van der Waals surface area contributed by atoms with Gasteiger partial charge in [0, 0.05) is 33.8 Å². The predicted octanol–water partition coefficient (Wildman–Crippen LogP) is 4.38. The quantitative estimate of drug-likeness (QED) is 0.321. The molecule has 184 valence electrons. The molecule has 1 heterocycles. The van der Waals surface area contributed by atoms with Crippen LogP contribution in [0.15, 0.2) is 66.7 Å². The Morgan fingerprint density at radius 1 is 1.06 bits per heavy atom. The molecule has 0 saturated carbocycles. The van der Waals surface area contributed by atoms with Gasteiger partial charge in [-0.1, -0.05) is 32.0 Å². The van der Waals surface area contributed by atoms with Crippen molar-refractivity contribution in [3.8, 4) is 11.5 Å². The van der Waals surface area contributed by atoms with Crippen LogP contribution in [-0.2, 0) is 5.41 Å². The van der Waals surface area contributed by atoms with Crippen LogP contribution in [0.5, 0.6) is 11.5 Å². The number of nitrogens with one attached hydrogen (secondary N) is 2. The van der Waals surface area contributed by atoms with Gasteiger partial charge >= 0.3 is 6.09 Å². The van der Waals surface area contributed by atoms with E-state index in [1.807, 2.05) is 32.0 Å². The molecule has 0 bridgehead atoms. The van der Waals surface area contributed by atoms with Crippen molar-refractivity contribution in [1.29, 1.82) is 0 Å². The first kappa shape index (κ1) is 23.6. The van der Waals surface area contributed by atoms with E-state index < -0.39 is 24.2 Å². The molecule has 8 heteroatoms. The highest BCUT2D eigenvalue weighted by molar-refractivity contribution is 6.20. The third kappa shape index (κ3) is 4.21. The maximum absolute atomic E-state index is 13.5. The van der Waals surface area contributed by atoms with Crippen LogP contribution in [0.1, 0.15) is 41.0 Å². The summed E-state index contributed by atoms with van der Waals surface area (Å²) in [6.07, 6.45) is -1.60. The third-order valence-corrected chi connectivity index (χ3v) is 6.41. The number of benzene rings is 3. The maximum atomic E-state index is 13.5. The van der Waals surface area contributed by atoms with E-state index in [2.05, 4.69) is 10.3 Å². The number of ether oxygens (including phenoxy) is 2. The number of hydrogen-bond acceptors (Lipinski definition) is 6. The molecule has 0 aliphatic heterocycles. The number of aliphatic hydroxyl groups is 2. The number of carbonyl (C=O) groups excluding carboxylic acids is 2. The van der Waals surface area contributed by atoms with Gasteiger partial charge in [0.25, 0.3) is 0 Å². The minimum absolute atomic E-state index is 0.0536. The first-order valence-corrected chi connectivity index (χ1v) is 11.6. The van der Waals surface area contributed by atoms with Crippen molar-refractivity contribution in [3.63, 3.8) is 0 Å². The number of aromatic nitrogens is 1. The van der Waals surface area contributed by atoms with Crippen LogP contribution in [0.2, 0.25) is 0 Å². The fourth-order valence-corrected chi connectivity index (χ4v) is 4.56. The molecule has 0 spiro atoms. The second-order valence-corrected chi connectivity index (χ2v) is 9.27. The number of H-pyrrole nitrogens is 1. The third-order valence-electron chi connectivity index (χ3n) is 6.41. The summed E-state index contributed by atoms with van der Waals surface area (Å²) in [7, 11) is 0. The second-order valence-electron chi connectivity index (χ2n) is 9.27. The average Bonchev–Trinajstić information content (AvgIpc) is 3.26. The standard InChI is InChI=1S/C28H26N2O6/c1-28(2)22-12-18(35-15-17(32)14-31)8-10-20(22)25(33)24-21-11-9-19(13-23(21)30-26(24)28)36-27(34)29-16-6-4-3-5-7-16/h3-13,17,30-32H,14-15H2,1-2H3,(H,29,34). The topological polar surface area (TPSA) is 121 Å². The molecule has 0 fully saturated rings. The number of ketones is 1. The van der Waals surface area contributed by atoms with Crippen LogP contribution < -0.4 is 14.8 Å². The molecule has 5 rings (SSSR count). The smallest absolute Gasteiger partial charge is 0.417 e. The molecular formula is C28H26N2O6. The van der Waals surface area contributed by atoms with E-state index in [-0.39, 0.29) is 12.4 Å². The minimum atomic E-state index is -0.984. The number of fused-ring (bicyclic) bond motifs is 4. The number of rotatable bonds is 6. The number of anilines is 1. The van der Waals surface area contributed by atoms with Gasteiger partial charge in [-0.25, -0.2) is 4.79 Å².